The van der Waals surface area contributed by atoms with Gasteiger partial charge in [0.25, 0.3) is 0 Å². The highest BCUT2D eigenvalue weighted by molar-refractivity contribution is 5.74. The van der Waals surface area contributed by atoms with Gasteiger partial charge < -0.3 is 0 Å². The number of rotatable bonds is 8. The van der Waals surface area contributed by atoms with E-state index in [1.807, 2.05) is 19.1 Å². The van der Waals surface area contributed by atoms with Crippen LogP contribution in [0.15, 0.2) is 79.4 Å². The van der Waals surface area contributed by atoms with E-state index in [0.717, 1.165) is 31.3 Å². The van der Waals surface area contributed by atoms with Gasteiger partial charge in [-0.2, -0.15) is 0 Å². The van der Waals surface area contributed by atoms with Crippen molar-refractivity contribution in [1.82, 2.24) is 0 Å². The molecular weight excluding hydrogens is 520 g/mol. The van der Waals surface area contributed by atoms with Gasteiger partial charge in [0.2, 0.25) is 0 Å². The van der Waals surface area contributed by atoms with Gasteiger partial charge in [-0.3, -0.25) is 0 Å². The molecule has 2 aliphatic rings. The zero-order valence-electron chi connectivity index (χ0n) is 23.7. The van der Waals surface area contributed by atoms with Crippen LogP contribution in [0.1, 0.15) is 69.4 Å². The summed E-state index contributed by atoms with van der Waals surface area (Å²) in [7, 11) is 0. The fourth-order valence-corrected chi connectivity index (χ4v) is 6.58. The van der Waals surface area contributed by atoms with E-state index in [4.69, 9.17) is 0 Å². The van der Waals surface area contributed by atoms with E-state index in [1.165, 1.54) is 25.7 Å². The van der Waals surface area contributed by atoms with Crippen LogP contribution in [0.2, 0.25) is 0 Å². The Bertz CT molecular complexity index is 1440. The van der Waals surface area contributed by atoms with Crippen LogP contribution in [-0.2, 0) is 6.42 Å². The zero-order valence-corrected chi connectivity index (χ0v) is 23.7. The highest BCUT2D eigenvalue weighted by atomic mass is 19.2. The van der Waals surface area contributed by atoms with Gasteiger partial charge in [-0.25, -0.2) is 17.6 Å². The molecule has 0 bridgehead atoms. The molecule has 0 N–H and O–H groups in total. The summed E-state index contributed by atoms with van der Waals surface area (Å²) >= 11 is 0. The second kappa shape index (κ2) is 13.1. The van der Waals surface area contributed by atoms with Crippen LogP contribution < -0.4 is 0 Å². The highest BCUT2D eigenvalue weighted by Gasteiger charge is 2.29. The number of benzene rings is 3. The van der Waals surface area contributed by atoms with E-state index < -0.39 is 23.3 Å². The fraction of sp³-hybridized carbons (Fsp3) is 0.351. The fourth-order valence-electron chi connectivity index (χ4n) is 6.58. The minimum absolute atomic E-state index is 0.135. The average molecular weight is 559 g/mol. The molecule has 0 spiro atoms. The Morgan fingerprint density at radius 3 is 1.85 bits per heavy atom. The van der Waals surface area contributed by atoms with Crippen molar-refractivity contribution in [1.29, 1.82) is 0 Å². The van der Waals surface area contributed by atoms with Crippen molar-refractivity contribution >= 4 is 5.57 Å². The van der Waals surface area contributed by atoms with Crippen LogP contribution in [0.4, 0.5) is 17.6 Å². The van der Waals surface area contributed by atoms with Gasteiger partial charge in [-0.1, -0.05) is 79.8 Å². The lowest BCUT2D eigenvalue weighted by Crippen LogP contribution is -2.22. The Morgan fingerprint density at radius 1 is 0.683 bits per heavy atom. The summed E-state index contributed by atoms with van der Waals surface area (Å²) in [6, 6.07) is 12.9. The first-order chi connectivity index (χ1) is 19.9. The molecule has 4 heteroatoms. The van der Waals surface area contributed by atoms with Gasteiger partial charge in [0.05, 0.1) is 0 Å². The normalized spacial score (nSPS) is 21.2. The minimum Gasteiger partial charge on any atom is -0.203 e. The lowest BCUT2D eigenvalue weighted by atomic mass is 9.71. The van der Waals surface area contributed by atoms with Gasteiger partial charge in [0, 0.05) is 16.7 Å². The molecule has 1 unspecified atom stereocenters. The van der Waals surface area contributed by atoms with Crippen LogP contribution in [0.25, 0.3) is 27.8 Å². The summed E-state index contributed by atoms with van der Waals surface area (Å²) in [5.74, 6) is -1.52. The van der Waals surface area contributed by atoms with E-state index >= 15 is 8.78 Å². The Labute approximate surface area is 241 Å². The maximum absolute atomic E-state index is 15.3. The number of halogens is 4. The molecule has 0 heterocycles. The van der Waals surface area contributed by atoms with Crippen molar-refractivity contribution in [2.24, 2.45) is 17.8 Å². The second-order valence-corrected chi connectivity index (χ2v) is 11.5. The molecule has 1 fully saturated rings. The number of hydrogen-bond acceptors (Lipinski definition) is 0. The smallest absolute Gasteiger partial charge is 0.167 e. The van der Waals surface area contributed by atoms with E-state index in [0.29, 0.717) is 46.4 Å². The molecule has 1 atom stereocenters. The Morgan fingerprint density at radius 2 is 1.27 bits per heavy atom. The first-order valence-electron chi connectivity index (χ1n) is 14.9. The summed E-state index contributed by atoms with van der Waals surface area (Å²) in [6.07, 6.45) is 16.6. The van der Waals surface area contributed by atoms with Crippen molar-refractivity contribution in [2.45, 2.75) is 64.7 Å². The second-order valence-electron chi connectivity index (χ2n) is 11.5. The molecule has 1 saturated carbocycles. The van der Waals surface area contributed by atoms with E-state index in [9.17, 15) is 8.78 Å². The summed E-state index contributed by atoms with van der Waals surface area (Å²) in [4.78, 5) is 0. The van der Waals surface area contributed by atoms with Crippen LogP contribution in [-0.4, -0.2) is 0 Å². The molecule has 5 rings (SSSR count). The zero-order chi connectivity index (χ0) is 28.9. The van der Waals surface area contributed by atoms with Crippen molar-refractivity contribution < 1.29 is 17.6 Å². The Kier molecular flexibility index (Phi) is 9.27. The van der Waals surface area contributed by atoms with Gasteiger partial charge in [-0.15, -0.1) is 6.58 Å². The third-order valence-corrected chi connectivity index (χ3v) is 9.11. The quantitative estimate of drug-likeness (QED) is 0.191. The highest BCUT2D eigenvalue weighted by Crippen LogP contribution is 2.42. The standard InChI is InChI=1S/C37H38F4/c1-3-5-6-7-30-20-21-31(35(39)34(30)38)28-16-18-29(19-17-28)33-23-22-32(36(40)37(33)41)27-14-12-26(13-15-27)25-10-8-24(4-2)9-11-25/h4-6,14,16-26H,2-3,7-13,15H2,1H3/b6-5-. The van der Waals surface area contributed by atoms with Crippen molar-refractivity contribution in [2.75, 3.05) is 0 Å². The third kappa shape index (κ3) is 6.27. The van der Waals surface area contributed by atoms with E-state index in [-0.39, 0.29) is 11.1 Å². The topological polar surface area (TPSA) is 0 Å². The summed E-state index contributed by atoms with van der Waals surface area (Å²) in [5, 5.41) is 0. The summed E-state index contributed by atoms with van der Waals surface area (Å²) < 4.78 is 60.2. The maximum Gasteiger partial charge on any atom is 0.167 e. The van der Waals surface area contributed by atoms with Crippen molar-refractivity contribution in [3.8, 4) is 22.3 Å². The van der Waals surface area contributed by atoms with Gasteiger partial charge in [0.15, 0.2) is 23.3 Å². The molecule has 0 saturated heterocycles. The first kappa shape index (κ1) is 29.1. The van der Waals surface area contributed by atoms with Crippen LogP contribution in [0.3, 0.4) is 0 Å². The van der Waals surface area contributed by atoms with Crippen LogP contribution in [0, 0.1) is 41.0 Å². The Hall–Kier alpha value is -3.40. The molecular formula is C37H38F4. The van der Waals surface area contributed by atoms with Crippen molar-refractivity contribution in [3.63, 3.8) is 0 Å². The van der Waals surface area contributed by atoms with E-state index in [2.05, 4.69) is 18.7 Å². The molecule has 0 amide bonds. The molecule has 0 aliphatic heterocycles. The molecule has 3 aromatic carbocycles. The van der Waals surface area contributed by atoms with Crippen molar-refractivity contribution in [3.05, 3.63) is 114 Å². The monoisotopic (exact) mass is 558 g/mol. The molecule has 0 radical (unpaired) electrons. The molecule has 214 valence electrons. The molecule has 3 aromatic rings. The van der Waals surface area contributed by atoms with E-state index in [1.54, 1.807) is 48.5 Å². The largest absolute Gasteiger partial charge is 0.203 e. The molecule has 41 heavy (non-hydrogen) atoms. The van der Waals surface area contributed by atoms with Gasteiger partial charge >= 0.3 is 0 Å². The molecule has 0 nitrogen and oxygen atoms in total. The molecule has 0 aromatic heterocycles. The maximum atomic E-state index is 15.3. The Balaban J connectivity index is 1.30. The minimum atomic E-state index is -0.908. The van der Waals surface area contributed by atoms with Gasteiger partial charge in [-0.05, 0) is 97.8 Å². The van der Waals surface area contributed by atoms with Gasteiger partial charge in [0.1, 0.15) is 0 Å². The lowest BCUT2D eigenvalue weighted by molar-refractivity contribution is 0.212. The number of hydrogen-bond donors (Lipinski definition) is 0. The molecule has 2 aliphatic carbocycles. The average Bonchev–Trinajstić information content (AvgIpc) is 3.01. The predicted molar refractivity (Wildman–Crippen MR) is 161 cm³/mol. The summed E-state index contributed by atoms with van der Waals surface area (Å²) in [5.41, 5.74) is 2.74. The van der Waals surface area contributed by atoms with Crippen LogP contribution in [0.5, 0.6) is 0 Å². The lowest BCUT2D eigenvalue weighted by Gasteiger charge is -2.34. The summed E-state index contributed by atoms with van der Waals surface area (Å²) in [6.45, 7) is 5.92. The first-order valence-corrected chi connectivity index (χ1v) is 14.9. The SMILES string of the molecule is C=CC1CCC(C2CC=C(c3ccc(-c4ccc(-c5ccc(C/C=C\CC)c(F)c5F)cc4)c(F)c3F)CC2)CC1. The predicted octanol–water partition coefficient (Wildman–Crippen LogP) is 11.3. The number of allylic oxidation sites excluding steroid dienone is 5. The van der Waals surface area contributed by atoms with Crippen LogP contribution >= 0.6 is 0 Å². The third-order valence-electron chi connectivity index (χ3n) is 9.11.